The third-order valence-electron chi connectivity index (χ3n) is 3.16. The Morgan fingerprint density at radius 1 is 1.33 bits per heavy atom. The molecule has 0 radical (unpaired) electrons. The van der Waals surface area contributed by atoms with Gasteiger partial charge in [-0.1, -0.05) is 37.9 Å². The topological polar surface area (TPSA) is 24.9 Å². The van der Waals surface area contributed by atoms with Crippen LogP contribution in [-0.2, 0) is 0 Å². The van der Waals surface area contributed by atoms with Crippen LogP contribution >= 0.6 is 11.6 Å². The van der Waals surface area contributed by atoms with Crippen molar-refractivity contribution < 1.29 is 0 Å². The van der Waals surface area contributed by atoms with Crippen molar-refractivity contribution in [2.45, 2.75) is 39.2 Å². The van der Waals surface area contributed by atoms with Gasteiger partial charge in [0.1, 0.15) is 0 Å². The molecule has 0 saturated heterocycles. The Kier molecular flexibility index (Phi) is 4.43. The highest BCUT2D eigenvalue weighted by Crippen LogP contribution is 2.27. The van der Waals surface area contributed by atoms with Gasteiger partial charge in [0.2, 0.25) is 0 Å². The normalized spacial score (nSPS) is 12.6. The van der Waals surface area contributed by atoms with Crippen molar-refractivity contribution in [3.05, 3.63) is 35.5 Å². The predicted octanol–water partition coefficient (Wildman–Crippen LogP) is 4.88. The zero-order chi connectivity index (χ0) is 13.0. The zero-order valence-electron chi connectivity index (χ0n) is 10.9. The van der Waals surface area contributed by atoms with Crippen molar-refractivity contribution in [3.8, 4) is 0 Å². The summed E-state index contributed by atoms with van der Waals surface area (Å²) in [7, 11) is 0. The van der Waals surface area contributed by atoms with E-state index < -0.39 is 0 Å². The molecule has 1 unspecified atom stereocenters. The SMILES string of the molecule is CCCC(CC)Nc1cc(Cl)cc2cccnc12. The Bertz CT molecular complexity index is 525. The number of aromatic nitrogens is 1. The summed E-state index contributed by atoms with van der Waals surface area (Å²) in [6.07, 6.45) is 5.27. The van der Waals surface area contributed by atoms with E-state index in [1.54, 1.807) is 0 Å². The fraction of sp³-hybridized carbons (Fsp3) is 0.400. The average molecular weight is 263 g/mol. The van der Waals surface area contributed by atoms with Gasteiger partial charge < -0.3 is 5.32 Å². The lowest BCUT2D eigenvalue weighted by molar-refractivity contribution is 0.623. The number of rotatable bonds is 5. The van der Waals surface area contributed by atoms with Crippen LogP contribution in [0.2, 0.25) is 5.02 Å². The highest BCUT2D eigenvalue weighted by molar-refractivity contribution is 6.31. The zero-order valence-corrected chi connectivity index (χ0v) is 11.7. The summed E-state index contributed by atoms with van der Waals surface area (Å²) in [5.74, 6) is 0. The quantitative estimate of drug-likeness (QED) is 0.831. The second kappa shape index (κ2) is 6.05. The van der Waals surface area contributed by atoms with Crippen LogP contribution < -0.4 is 5.32 Å². The molecule has 2 aromatic rings. The molecule has 0 spiro atoms. The van der Waals surface area contributed by atoms with E-state index >= 15 is 0 Å². The molecule has 96 valence electrons. The maximum atomic E-state index is 6.16. The van der Waals surface area contributed by atoms with E-state index in [9.17, 15) is 0 Å². The van der Waals surface area contributed by atoms with Gasteiger partial charge in [0.15, 0.2) is 0 Å². The Balaban J connectivity index is 2.37. The number of hydrogen-bond donors (Lipinski definition) is 1. The van der Waals surface area contributed by atoms with Gasteiger partial charge in [-0.2, -0.15) is 0 Å². The molecule has 0 aliphatic heterocycles. The Morgan fingerprint density at radius 3 is 2.89 bits per heavy atom. The Morgan fingerprint density at radius 2 is 2.17 bits per heavy atom. The first-order chi connectivity index (χ1) is 8.74. The monoisotopic (exact) mass is 262 g/mol. The number of benzene rings is 1. The van der Waals surface area contributed by atoms with E-state index in [-0.39, 0.29) is 0 Å². The maximum absolute atomic E-state index is 6.16. The smallest absolute Gasteiger partial charge is 0.0934 e. The minimum atomic E-state index is 0.485. The molecular formula is C15H19ClN2. The number of fused-ring (bicyclic) bond motifs is 1. The summed E-state index contributed by atoms with van der Waals surface area (Å²) in [4.78, 5) is 4.45. The van der Waals surface area contributed by atoms with Crippen LogP contribution in [0.15, 0.2) is 30.5 Å². The maximum Gasteiger partial charge on any atom is 0.0934 e. The largest absolute Gasteiger partial charge is 0.381 e. The lowest BCUT2D eigenvalue weighted by atomic mass is 10.1. The summed E-state index contributed by atoms with van der Waals surface area (Å²) in [5.41, 5.74) is 2.04. The van der Waals surface area contributed by atoms with Crippen LogP contribution in [0.4, 0.5) is 5.69 Å². The van der Waals surface area contributed by atoms with Gasteiger partial charge in [0, 0.05) is 22.6 Å². The fourth-order valence-electron chi connectivity index (χ4n) is 2.21. The Hall–Kier alpha value is -1.28. The molecule has 0 saturated carbocycles. The average Bonchev–Trinajstić information content (AvgIpc) is 2.38. The van der Waals surface area contributed by atoms with Gasteiger partial charge in [-0.15, -0.1) is 0 Å². The molecule has 1 aromatic carbocycles. The van der Waals surface area contributed by atoms with E-state index in [4.69, 9.17) is 11.6 Å². The molecule has 2 nitrogen and oxygen atoms in total. The van der Waals surface area contributed by atoms with Crippen molar-refractivity contribution >= 4 is 28.2 Å². The molecule has 1 N–H and O–H groups in total. The third kappa shape index (κ3) is 2.94. The lowest BCUT2D eigenvalue weighted by Crippen LogP contribution is -2.18. The molecule has 1 aromatic heterocycles. The van der Waals surface area contributed by atoms with Gasteiger partial charge in [0.05, 0.1) is 11.2 Å². The second-order valence-corrected chi connectivity index (χ2v) is 5.00. The van der Waals surface area contributed by atoms with Gasteiger partial charge in [-0.3, -0.25) is 4.98 Å². The third-order valence-corrected chi connectivity index (χ3v) is 3.38. The van der Waals surface area contributed by atoms with E-state index in [2.05, 4.69) is 24.1 Å². The standard InChI is InChI=1S/C15H19ClN2/c1-3-6-13(4-2)18-14-10-12(16)9-11-7-5-8-17-15(11)14/h5,7-10,13,18H,3-4,6H2,1-2H3. The number of halogens is 1. The Labute approximate surface area is 113 Å². The van der Waals surface area contributed by atoms with Gasteiger partial charge in [-0.25, -0.2) is 0 Å². The molecule has 0 aliphatic carbocycles. The highest BCUT2D eigenvalue weighted by Gasteiger charge is 2.09. The van der Waals surface area contributed by atoms with Crippen molar-refractivity contribution in [1.29, 1.82) is 0 Å². The van der Waals surface area contributed by atoms with Crippen molar-refractivity contribution in [1.82, 2.24) is 4.98 Å². The van der Waals surface area contributed by atoms with E-state index in [1.165, 1.54) is 6.42 Å². The van der Waals surface area contributed by atoms with E-state index in [1.807, 2.05) is 30.5 Å². The summed E-state index contributed by atoms with van der Waals surface area (Å²) >= 11 is 6.16. The minimum Gasteiger partial charge on any atom is -0.381 e. The van der Waals surface area contributed by atoms with Gasteiger partial charge in [0.25, 0.3) is 0 Å². The summed E-state index contributed by atoms with van der Waals surface area (Å²) in [6.45, 7) is 4.41. The van der Waals surface area contributed by atoms with Gasteiger partial charge in [-0.05, 0) is 31.0 Å². The van der Waals surface area contributed by atoms with Crippen LogP contribution in [0, 0.1) is 0 Å². The van der Waals surface area contributed by atoms with E-state index in [0.29, 0.717) is 6.04 Å². The van der Waals surface area contributed by atoms with Crippen molar-refractivity contribution in [2.75, 3.05) is 5.32 Å². The number of nitrogens with zero attached hydrogens (tertiary/aromatic N) is 1. The number of anilines is 1. The molecule has 1 atom stereocenters. The molecular weight excluding hydrogens is 244 g/mol. The van der Waals surface area contributed by atoms with Crippen LogP contribution in [0.5, 0.6) is 0 Å². The molecule has 0 bridgehead atoms. The first-order valence-corrected chi connectivity index (χ1v) is 6.93. The molecule has 0 fully saturated rings. The molecule has 1 heterocycles. The predicted molar refractivity (Wildman–Crippen MR) is 79.4 cm³/mol. The lowest BCUT2D eigenvalue weighted by Gasteiger charge is -2.18. The van der Waals surface area contributed by atoms with Crippen molar-refractivity contribution in [3.63, 3.8) is 0 Å². The first kappa shape index (κ1) is 13.2. The molecule has 3 heteroatoms. The second-order valence-electron chi connectivity index (χ2n) is 4.57. The summed E-state index contributed by atoms with van der Waals surface area (Å²) in [6, 6.07) is 8.38. The first-order valence-electron chi connectivity index (χ1n) is 6.55. The molecule has 18 heavy (non-hydrogen) atoms. The molecule has 0 amide bonds. The molecule has 0 aliphatic rings. The fourth-order valence-corrected chi connectivity index (χ4v) is 2.44. The summed E-state index contributed by atoms with van der Waals surface area (Å²) in [5, 5.41) is 5.40. The highest BCUT2D eigenvalue weighted by atomic mass is 35.5. The van der Waals surface area contributed by atoms with E-state index in [0.717, 1.165) is 34.5 Å². The number of pyridine rings is 1. The summed E-state index contributed by atoms with van der Waals surface area (Å²) < 4.78 is 0. The van der Waals surface area contributed by atoms with Crippen LogP contribution in [0.1, 0.15) is 33.1 Å². The van der Waals surface area contributed by atoms with Crippen molar-refractivity contribution in [2.24, 2.45) is 0 Å². The number of hydrogen-bond acceptors (Lipinski definition) is 2. The minimum absolute atomic E-state index is 0.485. The molecule has 2 rings (SSSR count). The van der Waals surface area contributed by atoms with Crippen LogP contribution in [-0.4, -0.2) is 11.0 Å². The van der Waals surface area contributed by atoms with Gasteiger partial charge >= 0.3 is 0 Å². The number of nitrogens with one attached hydrogen (secondary N) is 1. The van der Waals surface area contributed by atoms with Crippen LogP contribution in [0.25, 0.3) is 10.9 Å². The van der Waals surface area contributed by atoms with Crippen LogP contribution in [0.3, 0.4) is 0 Å².